The van der Waals surface area contributed by atoms with Crippen LogP contribution in [0.5, 0.6) is 0 Å². The lowest BCUT2D eigenvalue weighted by Gasteiger charge is -2.03. The summed E-state index contributed by atoms with van der Waals surface area (Å²) >= 11 is 4.66. The van der Waals surface area contributed by atoms with Crippen LogP contribution in [-0.2, 0) is 11.2 Å². The monoisotopic (exact) mass is 444 g/mol. The number of hydrogen-bond acceptors (Lipinski definition) is 3. The molecule has 0 amide bonds. The number of thiophene rings is 1. The average Bonchev–Trinajstić information content (AvgIpc) is 3.04. The zero-order chi connectivity index (χ0) is 19.4. The van der Waals surface area contributed by atoms with Crippen LogP contribution >= 0.6 is 27.3 Å². The second-order valence-corrected chi connectivity index (χ2v) is 7.60. The summed E-state index contributed by atoms with van der Waals surface area (Å²) in [6.45, 7) is 0. The Balaban J connectivity index is 1.83. The fourth-order valence-corrected chi connectivity index (χ4v) is 3.95. The van der Waals surface area contributed by atoms with Crippen LogP contribution in [0.25, 0.3) is 16.5 Å². The Morgan fingerprint density at radius 1 is 1.15 bits per heavy atom. The van der Waals surface area contributed by atoms with Gasteiger partial charge in [0, 0.05) is 15.8 Å². The Hall–Kier alpha value is -2.57. The Kier molecular flexibility index (Phi) is 5.98. The van der Waals surface area contributed by atoms with Gasteiger partial charge >= 0.3 is 5.97 Å². The summed E-state index contributed by atoms with van der Waals surface area (Å²) in [6, 6.07) is 13.2. The predicted octanol–water partition coefficient (Wildman–Crippen LogP) is 5.84. The Bertz CT molecular complexity index is 1020. The van der Waals surface area contributed by atoms with Gasteiger partial charge in [0.1, 0.15) is 5.82 Å². The third-order valence-corrected chi connectivity index (χ3v) is 5.47. The van der Waals surface area contributed by atoms with Gasteiger partial charge in [0.05, 0.1) is 5.56 Å². The first-order valence-electron chi connectivity index (χ1n) is 8.00. The summed E-state index contributed by atoms with van der Waals surface area (Å²) in [6.07, 6.45) is 2.84. The summed E-state index contributed by atoms with van der Waals surface area (Å²) in [7, 11) is 0. The van der Waals surface area contributed by atoms with Crippen molar-refractivity contribution in [3.8, 4) is 10.4 Å². The van der Waals surface area contributed by atoms with Crippen molar-refractivity contribution < 1.29 is 19.1 Å². The first-order chi connectivity index (χ1) is 12.9. The molecule has 0 fully saturated rings. The number of aromatic carboxylic acids is 1. The molecular formula is C21H14BrFO3S. The molecule has 0 aliphatic heterocycles. The normalized spacial score (nSPS) is 11.0. The number of rotatable bonds is 6. The van der Waals surface area contributed by atoms with Crippen LogP contribution in [0.3, 0.4) is 0 Å². The molecule has 0 saturated carbocycles. The van der Waals surface area contributed by atoms with E-state index in [9.17, 15) is 19.1 Å². The molecule has 1 aromatic heterocycles. The second-order valence-electron chi connectivity index (χ2n) is 5.81. The highest BCUT2D eigenvalue weighted by Gasteiger charge is 2.20. The van der Waals surface area contributed by atoms with Crippen LogP contribution in [0.4, 0.5) is 4.39 Å². The predicted molar refractivity (Wildman–Crippen MR) is 109 cm³/mol. The highest BCUT2D eigenvalue weighted by Crippen LogP contribution is 2.34. The van der Waals surface area contributed by atoms with Gasteiger partial charge in [0.15, 0.2) is 5.78 Å². The molecule has 0 bridgehead atoms. The quantitative estimate of drug-likeness (QED) is 0.485. The summed E-state index contributed by atoms with van der Waals surface area (Å²) in [5.41, 5.74) is 1.98. The molecule has 3 aromatic rings. The number of benzene rings is 2. The zero-order valence-corrected chi connectivity index (χ0v) is 16.4. The van der Waals surface area contributed by atoms with Crippen LogP contribution in [-0.4, -0.2) is 16.9 Å². The van der Waals surface area contributed by atoms with Gasteiger partial charge in [-0.3, -0.25) is 4.79 Å². The van der Waals surface area contributed by atoms with Crippen LogP contribution < -0.4 is 0 Å². The van der Waals surface area contributed by atoms with E-state index in [2.05, 4.69) is 15.9 Å². The SMILES string of the molecule is O=C(/C=C/c1cccc(F)c1)Cc1csc(-c2ccc(Br)cc2)c1C(=O)O. The fourth-order valence-electron chi connectivity index (χ4n) is 2.62. The maximum absolute atomic E-state index is 13.2. The summed E-state index contributed by atoms with van der Waals surface area (Å²) < 4.78 is 14.1. The number of ketones is 1. The van der Waals surface area contributed by atoms with Gasteiger partial charge in [0.2, 0.25) is 0 Å². The van der Waals surface area contributed by atoms with Crippen molar-refractivity contribution in [3.63, 3.8) is 0 Å². The van der Waals surface area contributed by atoms with Gasteiger partial charge in [-0.15, -0.1) is 11.3 Å². The van der Waals surface area contributed by atoms with E-state index in [4.69, 9.17) is 0 Å². The molecule has 3 nitrogen and oxygen atoms in total. The first-order valence-corrected chi connectivity index (χ1v) is 9.67. The highest BCUT2D eigenvalue weighted by atomic mass is 79.9. The van der Waals surface area contributed by atoms with Crippen molar-refractivity contribution in [1.29, 1.82) is 0 Å². The number of carboxylic acids is 1. The minimum Gasteiger partial charge on any atom is -0.478 e. The van der Waals surface area contributed by atoms with Gasteiger partial charge < -0.3 is 5.11 Å². The lowest BCUT2D eigenvalue weighted by Crippen LogP contribution is -2.05. The van der Waals surface area contributed by atoms with E-state index in [1.807, 2.05) is 24.3 Å². The van der Waals surface area contributed by atoms with Crippen LogP contribution in [0.1, 0.15) is 21.5 Å². The zero-order valence-electron chi connectivity index (χ0n) is 14.0. The number of allylic oxidation sites excluding steroid dienone is 1. The van der Waals surface area contributed by atoms with E-state index in [-0.39, 0.29) is 23.6 Å². The van der Waals surface area contributed by atoms with Crippen molar-refractivity contribution >= 4 is 45.1 Å². The molecule has 1 heterocycles. The van der Waals surface area contributed by atoms with E-state index in [0.29, 0.717) is 16.0 Å². The number of carbonyl (C=O) groups excluding carboxylic acids is 1. The van der Waals surface area contributed by atoms with E-state index in [1.165, 1.54) is 35.6 Å². The molecule has 0 radical (unpaired) electrons. The standard InChI is InChI=1S/C21H14BrFO3S/c22-16-7-5-14(6-8-16)20-19(21(25)26)15(12-27-20)11-18(24)9-4-13-2-1-3-17(23)10-13/h1-10,12H,11H2,(H,25,26)/b9-4+. The maximum Gasteiger partial charge on any atom is 0.337 e. The Morgan fingerprint density at radius 2 is 1.89 bits per heavy atom. The average molecular weight is 445 g/mol. The fraction of sp³-hybridized carbons (Fsp3) is 0.0476. The van der Waals surface area contributed by atoms with E-state index < -0.39 is 5.97 Å². The van der Waals surface area contributed by atoms with Crippen molar-refractivity contribution in [3.05, 3.63) is 87.0 Å². The minimum absolute atomic E-state index is 0.0273. The van der Waals surface area contributed by atoms with Crippen molar-refractivity contribution in [2.24, 2.45) is 0 Å². The van der Waals surface area contributed by atoms with E-state index in [0.717, 1.165) is 10.0 Å². The third-order valence-electron chi connectivity index (χ3n) is 3.86. The molecule has 0 spiro atoms. The molecule has 3 rings (SSSR count). The van der Waals surface area contributed by atoms with Crippen molar-refractivity contribution in [2.75, 3.05) is 0 Å². The molecule has 27 heavy (non-hydrogen) atoms. The van der Waals surface area contributed by atoms with E-state index in [1.54, 1.807) is 17.5 Å². The molecule has 0 saturated heterocycles. The largest absolute Gasteiger partial charge is 0.478 e. The summed E-state index contributed by atoms with van der Waals surface area (Å²) in [5, 5.41) is 11.3. The molecule has 1 N–H and O–H groups in total. The molecule has 0 atom stereocenters. The third kappa shape index (κ3) is 4.78. The molecule has 2 aromatic carbocycles. The van der Waals surface area contributed by atoms with Gasteiger partial charge in [-0.05, 0) is 52.4 Å². The molecule has 0 aliphatic carbocycles. The van der Waals surface area contributed by atoms with Crippen LogP contribution in [0, 0.1) is 5.82 Å². The smallest absolute Gasteiger partial charge is 0.337 e. The lowest BCUT2D eigenvalue weighted by atomic mass is 10.0. The van der Waals surface area contributed by atoms with Gasteiger partial charge in [0.25, 0.3) is 0 Å². The molecule has 136 valence electrons. The summed E-state index contributed by atoms with van der Waals surface area (Å²) in [5.74, 6) is -1.69. The van der Waals surface area contributed by atoms with Gasteiger partial charge in [-0.2, -0.15) is 0 Å². The van der Waals surface area contributed by atoms with Crippen molar-refractivity contribution in [1.82, 2.24) is 0 Å². The molecular weight excluding hydrogens is 431 g/mol. The molecule has 0 aliphatic rings. The topological polar surface area (TPSA) is 54.4 Å². The van der Waals surface area contributed by atoms with Crippen LogP contribution in [0.2, 0.25) is 0 Å². The minimum atomic E-state index is -1.06. The first kappa shape index (κ1) is 19.2. The molecule has 0 unspecified atom stereocenters. The number of halogens is 2. The lowest BCUT2D eigenvalue weighted by molar-refractivity contribution is -0.113. The number of hydrogen-bond donors (Lipinski definition) is 1. The van der Waals surface area contributed by atoms with Gasteiger partial charge in [-0.25, -0.2) is 9.18 Å². The van der Waals surface area contributed by atoms with Gasteiger partial charge in [-0.1, -0.05) is 46.3 Å². The summed E-state index contributed by atoms with van der Waals surface area (Å²) in [4.78, 5) is 24.6. The van der Waals surface area contributed by atoms with E-state index >= 15 is 0 Å². The number of carboxylic acid groups (broad SMARTS) is 1. The van der Waals surface area contributed by atoms with Crippen LogP contribution in [0.15, 0.2) is 64.5 Å². The second kappa shape index (κ2) is 8.41. The highest BCUT2D eigenvalue weighted by molar-refractivity contribution is 9.10. The maximum atomic E-state index is 13.2. The number of carbonyl (C=O) groups is 2. The Morgan fingerprint density at radius 3 is 2.56 bits per heavy atom. The molecule has 6 heteroatoms. The Labute approximate surface area is 167 Å². The van der Waals surface area contributed by atoms with Crippen molar-refractivity contribution in [2.45, 2.75) is 6.42 Å².